The van der Waals surface area contributed by atoms with Gasteiger partial charge in [-0.1, -0.05) is 42.0 Å². The van der Waals surface area contributed by atoms with Gasteiger partial charge in [-0.15, -0.1) is 0 Å². The van der Waals surface area contributed by atoms with Crippen LogP contribution in [-0.2, 0) is 0 Å². The van der Waals surface area contributed by atoms with E-state index in [4.69, 9.17) is 0 Å². The Hall–Kier alpha value is -0.823. The van der Waals surface area contributed by atoms with Gasteiger partial charge in [-0.2, -0.15) is 0 Å². The van der Waals surface area contributed by atoms with Crippen LogP contribution in [0, 0.1) is 0 Å². The second kappa shape index (κ2) is 4.21. The zero-order valence-corrected chi connectivity index (χ0v) is 12.0. The molecule has 0 atom stereocenters. The van der Waals surface area contributed by atoms with E-state index in [-0.39, 0.29) is 0 Å². The SMILES string of the molecule is CC1=C(C)C([Si](C)C2C=CC=C2)C(C)=C1C. The van der Waals surface area contributed by atoms with Crippen molar-refractivity contribution in [2.24, 2.45) is 0 Å². The minimum Gasteiger partial charge on any atom is -0.0806 e. The predicted octanol–water partition coefficient (Wildman–Crippen LogP) is 4.66. The van der Waals surface area contributed by atoms with Crippen molar-refractivity contribution in [3.05, 3.63) is 46.6 Å². The van der Waals surface area contributed by atoms with Crippen LogP contribution in [-0.4, -0.2) is 8.80 Å². The van der Waals surface area contributed by atoms with Crippen LogP contribution >= 0.6 is 0 Å². The molecule has 2 rings (SSSR count). The van der Waals surface area contributed by atoms with E-state index in [1.807, 2.05) is 0 Å². The standard InChI is InChI=1S/C15H21Si/c1-10-11(2)13(4)15(12(10)3)16(5)14-8-6-7-9-14/h6-9,14-15H,1-5H3. The molecule has 0 saturated heterocycles. The predicted molar refractivity (Wildman–Crippen MR) is 74.1 cm³/mol. The number of allylic oxidation sites excluding steroid dienone is 8. The first-order chi connectivity index (χ1) is 7.54. The molecule has 0 saturated carbocycles. The molecule has 0 fully saturated rings. The third kappa shape index (κ3) is 1.67. The molecule has 2 aliphatic rings. The van der Waals surface area contributed by atoms with Gasteiger partial charge in [0.05, 0.1) is 8.80 Å². The van der Waals surface area contributed by atoms with Gasteiger partial charge in [-0.25, -0.2) is 0 Å². The van der Waals surface area contributed by atoms with Gasteiger partial charge in [0.1, 0.15) is 0 Å². The Morgan fingerprint density at radius 3 is 1.75 bits per heavy atom. The van der Waals surface area contributed by atoms with Gasteiger partial charge in [0, 0.05) is 0 Å². The van der Waals surface area contributed by atoms with Crippen molar-refractivity contribution in [2.75, 3.05) is 0 Å². The maximum absolute atomic E-state index is 2.48. The monoisotopic (exact) mass is 229 g/mol. The fraction of sp³-hybridized carbons (Fsp3) is 0.467. The average molecular weight is 229 g/mol. The third-order valence-corrected chi connectivity index (χ3v) is 7.55. The second-order valence-electron chi connectivity index (χ2n) is 5.09. The summed E-state index contributed by atoms with van der Waals surface area (Å²) >= 11 is 0. The lowest BCUT2D eigenvalue weighted by atomic mass is 10.1. The van der Waals surface area contributed by atoms with Gasteiger partial charge < -0.3 is 0 Å². The van der Waals surface area contributed by atoms with Gasteiger partial charge in [-0.05, 0) is 49.9 Å². The Labute approximate surface area is 101 Å². The summed E-state index contributed by atoms with van der Waals surface area (Å²) in [6, 6.07) is 0. The van der Waals surface area contributed by atoms with Crippen LogP contribution in [0.4, 0.5) is 0 Å². The highest BCUT2D eigenvalue weighted by atomic mass is 28.3. The quantitative estimate of drug-likeness (QED) is 0.604. The lowest BCUT2D eigenvalue weighted by Gasteiger charge is -2.25. The van der Waals surface area contributed by atoms with E-state index in [0.717, 1.165) is 11.1 Å². The fourth-order valence-electron chi connectivity index (χ4n) is 2.96. The summed E-state index contributed by atoms with van der Waals surface area (Å²) in [6.45, 7) is 11.7. The minimum absolute atomic E-state index is 0.397. The summed E-state index contributed by atoms with van der Waals surface area (Å²) in [7, 11) is -0.397. The summed E-state index contributed by atoms with van der Waals surface area (Å²) in [5.41, 5.74) is 7.80. The van der Waals surface area contributed by atoms with Crippen molar-refractivity contribution in [1.29, 1.82) is 0 Å². The van der Waals surface area contributed by atoms with Crippen molar-refractivity contribution in [1.82, 2.24) is 0 Å². The summed E-state index contributed by atoms with van der Waals surface area (Å²) in [5, 5.41) is 0. The van der Waals surface area contributed by atoms with E-state index < -0.39 is 8.80 Å². The molecular formula is C15H21Si. The van der Waals surface area contributed by atoms with Gasteiger partial charge in [0.25, 0.3) is 0 Å². The Morgan fingerprint density at radius 1 is 0.875 bits per heavy atom. The highest BCUT2D eigenvalue weighted by Crippen LogP contribution is 2.45. The minimum atomic E-state index is -0.397. The van der Waals surface area contributed by atoms with E-state index >= 15 is 0 Å². The van der Waals surface area contributed by atoms with Crippen molar-refractivity contribution < 1.29 is 0 Å². The van der Waals surface area contributed by atoms with Gasteiger partial charge in [0.2, 0.25) is 0 Å². The Morgan fingerprint density at radius 2 is 1.31 bits per heavy atom. The maximum Gasteiger partial charge on any atom is 0.0701 e. The summed E-state index contributed by atoms with van der Waals surface area (Å²) < 4.78 is 0. The van der Waals surface area contributed by atoms with E-state index in [1.54, 1.807) is 11.1 Å². The smallest absolute Gasteiger partial charge is 0.0701 e. The first-order valence-electron chi connectivity index (χ1n) is 6.07. The number of hydrogen-bond acceptors (Lipinski definition) is 0. The highest BCUT2D eigenvalue weighted by Gasteiger charge is 2.33. The zero-order valence-electron chi connectivity index (χ0n) is 11.0. The molecule has 0 aromatic carbocycles. The summed E-state index contributed by atoms with van der Waals surface area (Å²) in [4.78, 5) is 0. The molecule has 0 nitrogen and oxygen atoms in total. The normalized spacial score (nSPS) is 22.4. The highest BCUT2D eigenvalue weighted by molar-refractivity contribution is 6.63. The van der Waals surface area contributed by atoms with E-state index in [1.165, 1.54) is 11.1 Å². The van der Waals surface area contributed by atoms with Gasteiger partial charge in [0.15, 0.2) is 0 Å². The molecule has 0 aliphatic heterocycles. The van der Waals surface area contributed by atoms with E-state index in [0.29, 0.717) is 0 Å². The number of rotatable bonds is 2. The molecule has 0 aromatic rings. The molecule has 0 N–H and O–H groups in total. The Kier molecular flexibility index (Phi) is 3.07. The summed E-state index contributed by atoms with van der Waals surface area (Å²) in [6.07, 6.45) is 9.15. The van der Waals surface area contributed by atoms with Gasteiger partial charge in [-0.3, -0.25) is 0 Å². The summed E-state index contributed by atoms with van der Waals surface area (Å²) in [5.74, 6) is 0. The van der Waals surface area contributed by atoms with Crippen molar-refractivity contribution >= 4 is 8.80 Å². The topological polar surface area (TPSA) is 0 Å². The average Bonchev–Trinajstić information content (AvgIpc) is 2.84. The Bertz CT molecular complexity index is 385. The van der Waals surface area contributed by atoms with E-state index in [9.17, 15) is 0 Å². The van der Waals surface area contributed by atoms with Crippen LogP contribution < -0.4 is 0 Å². The third-order valence-electron chi connectivity index (χ3n) is 4.34. The van der Waals surface area contributed by atoms with Crippen molar-refractivity contribution in [3.63, 3.8) is 0 Å². The first kappa shape index (κ1) is 11.7. The number of hydrogen-bond donors (Lipinski definition) is 0. The van der Waals surface area contributed by atoms with E-state index in [2.05, 4.69) is 58.5 Å². The lowest BCUT2D eigenvalue weighted by molar-refractivity contribution is 1.06. The van der Waals surface area contributed by atoms with Gasteiger partial charge >= 0.3 is 0 Å². The maximum atomic E-state index is 2.48. The van der Waals surface area contributed by atoms with Crippen LogP contribution in [0.5, 0.6) is 0 Å². The lowest BCUT2D eigenvalue weighted by Crippen LogP contribution is -2.21. The molecule has 0 spiro atoms. The van der Waals surface area contributed by atoms with Crippen molar-refractivity contribution in [3.8, 4) is 0 Å². The molecule has 0 bridgehead atoms. The molecule has 0 heterocycles. The Balaban J connectivity index is 2.29. The zero-order chi connectivity index (χ0) is 11.9. The van der Waals surface area contributed by atoms with Crippen LogP contribution in [0.1, 0.15) is 27.7 Å². The first-order valence-corrected chi connectivity index (χ1v) is 8.23. The van der Waals surface area contributed by atoms with Crippen LogP contribution in [0.2, 0.25) is 17.6 Å². The van der Waals surface area contributed by atoms with Crippen LogP contribution in [0.15, 0.2) is 46.6 Å². The molecule has 2 aliphatic carbocycles. The second-order valence-corrected chi connectivity index (χ2v) is 7.82. The molecule has 1 heteroatoms. The largest absolute Gasteiger partial charge is 0.0806 e. The molecule has 85 valence electrons. The fourth-order valence-corrected chi connectivity index (χ4v) is 5.97. The molecule has 0 unspecified atom stereocenters. The molecule has 0 aromatic heterocycles. The van der Waals surface area contributed by atoms with Crippen LogP contribution in [0.25, 0.3) is 0 Å². The molecular weight excluding hydrogens is 208 g/mol. The van der Waals surface area contributed by atoms with Crippen LogP contribution in [0.3, 0.4) is 0 Å². The van der Waals surface area contributed by atoms with Crippen molar-refractivity contribution in [2.45, 2.75) is 45.3 Å². The molecule has 0 amide bonds. The molecule has 16 heavy (non-hydrogen) atoms. The molecule has 1 radical (unpaired) electrons.